The van der Waals surface area contributed by atoms with Crippen molar-refractivity contribution in [1.29, 1.82) is 0 Å². The van der Waals surface area contributed by atoms with Crippen molar-refractivity contribution in [1.82, 2.24) is 16.3 Å². The molecule has 0 atom stereocenters. The highest BCUT2D eigenvalue weighted by Gasteiger charge is 2.17. The maximum absolute atomic E-state index is 14.5. The van der Waals surface area contributed by atoms with E-state index in [1.165, 1.54) is 23.5 Å². The summed E-state index contributed by atoms with van der Waals surface area (Å²) >= 11 is 11.2. The summed E-state index contributed by atoms with van der Waals surface area (Å²) in [4.78, 5) is 0. The van der Waals surface area contributed by atoms with Crippen LogP contribution in [0.2, 0.25) is 5.02 Å². The lowest BCUT2D eigenvalue weighted by Crippen LogP contribution is -2.05. The number of aromatic nitrogens is 2. The van der Waals surface area contributed by atoms with E-state index in [9.17, 15) is 4.39 Å². The Morgan fingerprint density at radius 3 is 2.52 bits per heavy atom. The molecule has 1 aromatic heterocycles. The van der Waals surface area contributed by atoms with Gasteiger partial charge in [-0.15, -0.1) is 10.2 Å². The van der Waals surface area contributed by atoms with Crippen molar-refractivity contribution in [3.05, 3.63) is 45.6 Å². The zero-order valence-corrected chi connectivity index (χ0v) is 20.6. The van der Waals surface area contributed by atoms with Crippen LogP contribution < -0.4 is 15.6 Å². The van der Waals surface area contributed by atoms with Gasteiger partial charge in [0, 0.05) is 37.3 Å². The van der Waals surface area contributed by atoms with E-state index in [2.05, 4.69) is 26.1 Å². The highest BCUT2D eigenvalue weighted by Crippen LogP contribution is 2.38. The quantitative estimate of drug-likeness (QED) is 0.305. The lowest BCUT2D eigenvalue weighted by Gasteiger charge is -2.11. The molecule has 168 valence electrons. The van der Waals surface area contributed by atoms with Gasteiger partial charge in [-0.3, -0.25) is 0 Å². The van der Waals surface area contributed by atoms with Crippen LogP contribution in [0.3, 0.4) is 0 Å². The minimum Gasteiger partial charge on any atom is -0.490 e. The van der Waals surface area contributed by atoms with Crippen LogP contribution >= 0.6 is 38.9 Å². The molecule has 31 heavy (non-hydrogen) atoms. The maximum atomic E-state index is 14.5. The van der Waals surface area contributed by atoms with Crippen LogP contribution in [0.5, 0.6) is 11.5 Å². The van der Waals surface area contributed by atoms with Gasteiger partial charge in [-0.1, -0.05) is 22.9 Å². The van der Waals surface area contributed by atoms with Crippen LogP contribution in [0, 0.1) is 5.82 Å². The lowest BCUT2D eigenvalue weighted by molar-refractivity contribution is 0.170. The molecule has 0 fully saturated rings. The number of benzene rings is 2. The number of rotatable bonds is 9. The second-order valence-corrected chi connectivity index (χ2v) is 8.92. The van der Waals surface area contributed by atoms with Crippen molar-refractivity contribution < 1.29 is 18.6 Å². The van der Waals surface area contributed by atoms with Gasteiger partial charge >= 0.3 is 0 Å². The van der Waals surface area contributed by atoms with E-state index in [-0.39, 0.29) is 18.0 Å². The van der Waals surface area contributed by atoms with E-state index >= 15 is 0 Å². The van der Waals surface area contributed by atoms with Gasteiger partial charge in [-0.25, -0.2) is 4.39 Å². The number of halogens is 3. The average molecular weight is 533 g/mol. The highest BCUT2D eigenvalue weighted by molar-refractivity contribution is 9.10. The van der Waals surface area contributed by atoms with Gasteiger partial charge < -0.3 is 20.4 Å². The van der Waals surface area contributed by atoms with Gasteiger partial charge in [0.25, 0.3) is 0 Å². The molecule has 3 aromatic rings. The van der Waals surface area contributed by atoms with Crippen molar-refractivity contribution in [2.45, 2.75) is 26.4 Å². The summed E-state index contributed by atoms with van der Waals surface area (Å²) in [6.45, 7) is 4.82. The Balaban J connectivity index is 0.00000341. The summed E-state index contributed by atoms with van der Waals surface area (Å²) in [5.74, 6) is 0.362. The Morgan fingerprint density at radius 1 is 1.10 bits per heavy atom. The second-order valence-electron chi connectivity index (χ2n) is 6.68. The van der Waals surface area contributed by atoms with Crippen LogP contribution in [-0.2, 0) is 4.74 Å². The molecule has 6 nitrogen and oxygen atoms in total. The van der Waals surface area contributed by atoms with Crippen LogP contribution in [0.1, 0.15) is 20.3 Å². The zero-order chi connectivity index (χ0) is 21.7. The minimum atomic E-state index is -0.499. The SMILES string of the molecule is COCCCOc1cc(Cl)c(-c2nnc(-c3ccc(OC(C)C)c(Br)c3)s2)cc1F.N. The van der Waals surface area contributed by atoms with E-state index in [4.69, 9.17) is 25.8 Å². The van der Waals surface area contributed by atoms with Gasteiger partial charge in [0.15, 0.2) is 11.6 Å². The molecule has 3 rings (SSSR count). The molecule has 3 N–H and O–H groups in total. The van der Waals surface area contributed by atoms with Gasteiger partial charge in [0.05, 0.1) is 22.2 Å². The Hall–Kier alpha value is -1.78. The molecule has 0 aliphatic heterocycles. The first-order valence-electron chi connectivity index (χ1n) is 9.30. The first-order chi connectivity index (χ1) is 14.4. The predicted molar refractivity (Wildman–Crippen MR) is 126 cm³/mol. The van der Waals surface area contributed by atoms with E-state index in [0.29, 0.717) is 40.2 Å². The van der Waals surface area contributed by atoms with Crippen molar-refractivity contribution >= 4 is 38.9 Å². The molecule has 0 saturated carbocycles. The van der Waals surface area contributed by atoms with Gasteiger partial charge in [0.1, 0.15) is 15.8 Å². The van der Waals surface area contributed by atoms with Crippen molar-refractivity contribution in [3.8, 4) is 32.6 Å². The largest absolute Gasteiger partial charge is 0.490 e. The van der Waals surface area contributed by atoms with Crippen LogP contribution in [0.4, 0.5) is 4.39 Å². The third kappa shape index (κ3) is 6.60. The molecule has 2 aromatic carbocycles. The standard InChI is InChI=1S/C21H21BrClFN2O3S.H3N/c1-12(2)29-18-6-5-13(9-15(18)22)20-25-26-21(30-20)14-10-17(24)19(11-16(14)23)28-8-4-7-27-3;/h5-6,9-12H,4,7-8H2,1-3H3;1H3. The fraction of sp³-hybridized carbons (Fsp3) is 0.333. The summed E-state index contributed by atoms with van der Waals surface area (Å²) in [6.07, 6.45) is 0.732. The second kappa shape index (κ2) is 11.7. The summed E-state index contributed by atoms with van der Waals surface area (Å²) in [6, 6.07) is 8.50. The number of hydrogen-bond donors (Lipinski definition) is 1. The average Bonchev–Trinajstić information content (AvgIpc) is 3.18. The third-order valence-corrected chi connectivity index (χ3v) is 5.91. The van der Waals surface area contributed by atoms with Gasteiger partial charge in [0.2, 0.25) is 0 Å². The smallest absolute Gasteiger partial charge is 0.165 e. The van der Waals surface area contributed by atoms with E-state index in [1.54, 1.807) is 7.11 Å². The van der Waals surface area contributed by atoms with Crippen molar-refractivity contribution in [2.75, 3.05) is 20.3 Å². The Morgan fingerprint density at radius 2 is 1.84 bits per heavy atom. The fourth-order valence-corrected chi connectivity index (χ4v) is 4.26. The normalized spacial score (nSPS) is 10.8. The number of methoxy groups -OCH3 is 1. The summed E-state index contributed by atoms with van der Waals surface area (Å²) in [5, 5.41) is 10.0. The topological polar surface area (TPSA) is 88.5 Å². The molecular formula is C21H24BrClFN3O3S. The predicted octanol–water partition coefficient (Wildman–Crippen LogP) is 6.79. The molecule has 1 heterocycles. The lowest BCUT2D eigenvalue weighted by atomic mass is 10.2. The maximum Gasteiger partial charge on any atom is 0.165 e. The van der Waals surface area contributed by atoms with E-state index in [0.717, 1.165) is 15.8 Å². The van der Waals surface area contributed by atoms with Crippen LogP contribution in [0.15, 0.2) is 34.8 Å². The minimum absolute atomic E-state index is 0. The molecular weight excluding hydrogens is 509 g/mol. The first kappa shape index (κ1) is 25.5. The van der Waals surface area contributed by atoms with Crippen LogP contribution in [0.25, 0.3) is 21.1 Å². The Kier molecular flexibility index (Phi) is 9.64. The number of ether oxygens (including phenoxy) is 3. The highest BCUT2D eigenvalue weighted by atomic mass is 79.9. The summed E-state index contributed by atoms with van der Waals surface area (Å²) in [5.41, 5.74) is 1.34. The molecule has 0 amide bonds. The van der Waals surface area contributed by atoms with E-state index in [1.807, 2.05) is 32.0 Å². The first-order valence-corrected chi connectivity index (χ1v) is 11.3. The Labute approximate surface area is 198 Å². The monoisotopic (exact) mass is 531 g/mol. The molecule has 0 bridgehead atoms. The zero-order valence-electron chi connectivity index (χ0n) is 17.5. The van der Waals surface area contributed by atoms with Crippen molar-refractivity contribution in [2.24, 2.45) is 0 Å². The summed E-state index contributed by atoms with van der Waals surface area (Å²) in [7, 11) is 1.61. The van der Waals surface area contributed by atoms with E-state index < -0.39 is 5.82 Å². The fourth-order valence-electron chi connectivity index (χ4n) is 2.62. The molecule has 0 saturated heterocycles. The van der Waals surface area contributed by atoms with Gasteiger partial charge in [-0.05, 0) is 54.0 Å². The number of nitrogens with zero attached hydrogens (tertiary/aromatic N) is 2. The Bertz CT molecular complexity index is 1020. The molecule has 0 spiro atoms. The van der Waals surface area contributed by atoms with Gasteiger partial charge in [-0.2, -0.15) is 0 Å². The van der Waals surface area contributed by atoms with Crippen LogP contribution in [-0.4, -0.2) is 36.6 Å². The molecule has 10 heteroatoms. The molecule has 0 radical (unpaired) electrons. The molecule has 0 aliphatic carbocycles. The molecule has 0 aliphatic rings. The third-order valence-electron chi connectivity index (χ3n) is 3.97. The molecule has 0 unspecified atom stereocenters. The summed E-state index contributed by atoms with van der Waals surface area (Å²) < 4.78 is 31.4. The number of hydrogen-bond acceptors (Lipinski definition) is 7. The van der Waals surface area contributed by atoms with Crippen molar-refractivity contribution in [3.63, 3.8) is 0 Å².